The Morgan fingerprint density at radius 1 is 1.06 bits per heavy atom. The molecule has 31 heavy (non-hydrogen) atoms. The molecule has 0 aliphatic heterocycles. The molecule has 0 aliphatic carbocycles. The van der Waals surface area contributed by atoms with Crippen molar-refractivity contribution in [1.82, 2.24) is 8.96 Å². The van der Waals surface area contributed by atoms with Crippen molar-refractivity contribution in [2.24, 2.45) is 5.16 Å². The zero-order chi connectivity index (χ0) is 21.6. The van der Waals surface area contributed by atoms with Gasteiger partial charge < -0.3 is 14.8 Å². The van der Waals surface area contributed by atoms with Gasteiger partial charge in [0.25, 0.3) is 0 Å². The van der Waals surface area contributed by atoms with Crippen molar-refractivity contribution in [2.45, 2.75) is 20.0 Å². The number of ether oxygens (including phenoxy) is 1. The van der Waals surface area contributed by atoms with Crippen LogP contribution in [0.15, 0.2) is 78.2 Å². The molecule has 0 radical (unpaired) electrons. The lowest BCUT2D eigenvalue weighted by atomic mass is 10.0. The summed E-state index contributed by atoms with van der Waals surface area (Å²) >= 11 is 1.02. The number of hydrogen-bond donors (Lipinski definition) is 1. The van der Waals surface area contributed by atoms with Gasteiger partial charge in [-0.25, -0.2) is 8.96 Å². The van der Waals surface area contributed by atoms with E-state index in [1.54, 1.807) is 10.2 Å². The fourth-order valence-electron chi connectivity index (χ4n) is 3.14. The van der Waals surface area contributed by atoms with Crippen molar-refractivity contribution in [2.75, 3.05) is 0 Å². The van der Waals surface area contributed by atoms with E-state index in [1.165, 1.54) is 6.21 Å². The van der Waals surface area contributed by atoms with Gasteiger partial charge in [-0.15, -0.1) is 0 Å². The first-order chi connectivity index (χ1) is 15.1. The van der Waals surface area contributed by atoms with Gasteiger partial charge in [-0.1, -0.05) is 27.7 Å². The molecule has 2 heterocycles. The minimum absolute atomic E-state index is 0.0104. The Kier molecular flexibility index (Phi) is 6.40. The van der Waals surface area contributed by atoms with Crippen LogP contribution in [0.1, 0.15) is 19.4 Å². The summed E-state index contributed by atoms with van der Waals surface area (Å²) in [5.74, 6) is 1.29. The number of oxime groups is 1. The molecule has 8 heteroatoms. The standard InChI is InChI=1S/C23H21N3O4S/c1-16(2)28-20-12-17(14-25-27)11-18(13-20)22-15-26(23-21(22)9-6-10-24-23)31-30-29-19-7-4-3-5-8-19/h3-16,27H,1-2H3/b25-14+. The molecule has 0 bridgehead atoms. The number of pyridine rings is 1. The van der Waals surface area contributed by atoms with Gasteiger partial charge in [0.2, 0.25) is 0 Å². The van der Waals surface area contributed by atoms with Crippen LogP contribution in [0, 0.1) is 0 Å². The molecule has 4 aromatic rings. The van der Waals surface area contributed by atoms with E-state index < -0.39 is 0 Å². The van der Waals surface area contributed by atoms with Gasteiger partial charge in [0.05, 0.1) is 12.3 Å². The summed E-state index contributed by atoms with van der Waals surface area (Å²) in [6, 6.07) is 18.8. The molecule has 0 saturated carbocycles. The molecule has 0 saturated heterocycles. The monoisotopic (exact) mass is 435 g/mol. The number of fused-ring (bicyclic) bond motifs is 1. The molecule has 4 rings (SSSR count). The van der Waals surface area contributed by atoms with Crippen molar-refractivity contribution >= 4 is 29.5 Å². The first-order valence-corrected chi connectivity index (χ1v) is 10.4. The first kappa shape index (κ1) is 20.8. The van der Waals surface area contributed by atoms with E-state index in [0.717, 1.165) is 40.0 Å². The van der Waals surface area contributed by atoms with Crippen molar-refractivity contribution < 1.29 is 19.2 Å². The van der Waals surface area contributed by atoms with Crippen LogP contribution >= 0.6 is 12.2 Å². The summed E-state index contributed by atoms with van der Waals surface area (Å²) in [7, 11) is 0. The molecular formula is C23H21N3O4S. The molecule has 7 nitrogen and oxygen atoms in total. The van der Waals surface area contributed by atoms with Crippen LogP contribution in [-0.2, 0) is 4.33 Å². The van der Waals surface area contributed by atoms with E-state index >= 15 is 0 Å². The Balaban J connectivity index is 1.68. The van der Waals surface area contributed by atoms with Gasteiger partial charge in [0.15, 0.2) is 23.6 Å². The summed E-state index contributed by atoms with van der Waals surface area (Å²) in [6.07, 6.45) is 5.03. The van der Waals surface area contributed by atoms with Crippen LogP contribution in [0.3, 0.4) is 0 Å². The van der Waals surface area contributed by atoms with E-state index in [0.29, 0.717) is 11.5 Å². The molecule has 0 unspecified atom stereocenters. The highest BCUT2D eigenvalue weighted by Crippen LogP contribution is 2.34. The summed E-state index contributed by atoms with van der Waals surface area (Å²) in [5, 5.41) is 13.1. The second-order valence-corrected chi connectivity index (χ2v) is 7.66. The quantitative estimate of drug-likeness (QED) is 0.125. The van der Waals surface area contributed by atoms with E-state index in [1.807, 2.05) is 80.7 Å². The van der Waals surface area contributed by atoms with Gasteiger partial charge >= 0.3 is 0 Å². The highest BCUT2D eigenvalue weighted by molar-refractivity contribution is 7.93. The fraction of sp³-hybridized carbons (Fsp3) is 0.130. The Bertz CT molecular complexity index is 1190. The summed E-state index contributed by atoms with van der Waals surface area (Å²) in [6.45, 7) is 3.92. The van der Waals surface area contributed by atoms with Gasteiger partial charge in [-0.2, -0.15) is 0 Å². The number of hydrogen-bond acceptors (Lipinski definition) is 7. The van der Waals surface area contributed by atoms with Crippen molar-refractivity contribution in [3.63, 3.8) is 0 Å². The minimum Gasteiger partial charge on any atom is -0.491 e. The van der Waals surface area contributed by atoms with Crippen LogP contribution in [0.4, 0.5) is 0 Å². The van der Waals surface area contributed by atoms with Crippen LogP contribution < -0.4 is 9.62 Å². The molecule has 0 atom stereocenters. The van der Waals surface area contributed by atoms with E-state index in [9.17, 15) is 0 Å². The normalized spacial score (nSPS) is 11.5. The van der Waals surface area contributed by atoms with Crippen LogP contribution in [-0.4, -0.2) is 26.5 Å². The SMILES string of the molecule is CC(C)Oc1cc(/C=N/O)cc(-c2cn(SOOc3ccccc3)c3ncccc23)c1. The molecule has 158 valence electrons. The predicted octanol–water partition coefficient (Wildman–Crippen LogP) is 5.72. The second-order valence-electron chi connectivity index (χ2n) is 6.98. The maximum absolute atomic E-state index is 9.00. The van der Waals surface area contributed by atoms with E-state index in [2.05, 4.69) is 10.1 Å². The summed E-state index contributed by atoms with van der Waals surface area (Å²) in [4.78, 5) is 9.83. The zero-order valence-corrected chi connectivity index (χ0v) is 17.8. The molecular weight excluding hydrogens is 414 g/mol. The van der Waals surface area contributed by atoms with Crippen LogP contribution in [0.25, 0.3) is 22.2 Å². The van der Waals surface area contributed by atoms with Crippen LogP contribution in [0.2, 0.25) is 0 Å². The summed E-state index contributed by atoms with van der Waals surface area (Å²) in [5.41, 5.74) is 3.28. The van der Waals surface area contributed by atoms with Gasteiger partial charge in [-0.05, 0) is 61.9 Å². The Morgan fingerprint density at radius 3 is 2.68 bits per heavy atom. The molecule has 0 spiro atoms. The smallest absolute Gasteiger partial charge is 0.170 e. The highest BCUT2D eigenvalue weighted by atomic mass is 32.2. The topological polar surface area (TPSA) is 78.1 Å². The fourth-order valence-corrected chi connectivity index (χ4v) is 3.68. The van der Waals surface area contributed by atoms with Crippen molar-refractivity contribution in [3.8, 4) is 22.6 Å². The Morgan fingerprint density at radius 2 is 1.90 bits per heavy atom. The Hall–Kier alpha value is -3.49. The number of benzene rings is 2. The maximum atomic E-state index is 9.00. The zero-order valence-electron chi connectivity index (χ0n) is 17.0. The largest absolute Gasteiger partial charge is 0.491 e. The molecule has 2 aromatic carbocycles. The number of nitrogens with zero attached hydrogens (tertiary/aromatic N) is 3. The van der Waals surface area contributed by atoms with Gasteiger partial charge in [0, 0.05) is 28.9 Å². The highest BCUT2D eigenvalue weighted by Gasteiger charge is 2.15. The summed E-state index contributed by atoms with van der Waals surface area (Å²) < 4.78 is 13.0. The Labute approximate surface area is 184 Å². The van der Waals surface area contributed by atoms with E-state index in [4.69, 9.17) is 19.2 Å². The van der Waals surface area contributed by atoms with E-state index in [-0.39, 0.29) is 6.10 Å². The predicted molar refractivity (Wildman–Crippen MR) is 121 cm³/mol. The van der Waals surface area contributed by atoms with Crippen molar-refractivity contribution in [1.29, 1.82) is 0 Å². The lowest BCUT2D eigenvalue weighted by Crippen LogP contribution is -2.06. The van der Waals surface area contributed by atoms with Gasteiger partial charge in [0.1, 0.15) is 5.75 Å². The third kappa shape index (κ3) is 4.99. The average molecular weight is 436 g/mol. The van der Waals surface area contributed by atoms with Crippen molar-refractivity contribution in [3.05, 3.63) is 78.6 Å². The molecule has 0 amide bonds. The average Bonchev–Trinajstić information content (AvgIpc) is 3.13. The number of para-hydroxylation sites is 1. The molecule has 2 aromatic heterocycles. The third-order valence-corrected chi connectivity index (χ3v) is 4.90. The molecule has 0 fully saturated rings. The number of aromatic nitrogens is 2. The maximum Gasteiger partial charge on any atom is 0.170 e. The first-order valence-electron chi connectivity index (χ1n) is 9.66. The number of rotatable bonds is 8. The lowest BCUT2D eigenvalue weighted by molar-refractivity contribution is -0.0785. The molecule has 1 N–H and O–H groups in total. The minimum atomic E-state index is 0.0104. The third-order valence-electron chi connectivity index (χ3n) is 4.33. The molecule has 0 aliphatic rings. The lowest BCUT2D eigenvalue weighted by Gasteiger charge is -2.12. The van der Waals surface area contributed by atoms with Gasteiger partial charge in [-0.3, -0.25) is 0 Å². The second kappa shape index (κ2) is 9.55. The van der Waals surface area contributed by atoms with Crippen LogP contribution in [0.5, 0.6) is 11.5 Å².